The Labute approximate surface area is 123 Å². The summed E-state index contributed by atoms with van der Waals surface area (Å²) in [6.45, 7) is 2.03. The minimum absolute atomic E-state index is 0.201. The molecule has 0 spiro atoms. The molecule has 0 saturated carbocycles. The molecule has 0 saturated heterocycles. The van der Waals surface area contributed by atoms with Crippen LogP contribution in [-0.2, 0) is 9.53 Å². The van der Waals surface area contributed by atoms with E-state index in [1.165, 1.54) is 0 Å². The van der Waals surface area contributed by atoms with E-state index in [1.807, 2.05) is 36.4 Å². The monoisotopic (exact) mass is 289 g/mol. The molecule has 5 heteroatoms. The van der Waals surface area contributed by atoms with Gasteiger partial charge in [-0.15, -0.1) is 0 Å². The summed E-state index contributed by atoms with van der Waals surface area (Å²) >= 11 is 0. The molecule has 0 radical (unpaired) electrons. The molecule has 0 unspecified atom stereocenters. The molecule has 0 aliphatic heterocycles. The maximum absolute atomic E-state index is 12.0. The number of methoxy groups -OCH3 is 1. The number of rotatable bonds is 7. The molecule has 2 atom stereocenters. The van der Waals surface area contributed by atoms with Crippen molar-refractivity contribution >= 4 is 5.91 Å². The molecule has 1 aromatic heterocycles. The van der Waals surface area contributed by atoms with Gasteiger partial charge in [0.25, 0.3) is 5.91 Å². The third kappa shape index (κ3) is 4.36. The molecule has 0 aliphatic carbocycles. The van der Waals surface area contributed by atoms with E-state index >= 15 is 0 Å². The van der Waals surface area contributed by atoms with Crippen LogP contribution < -0.4 is 10.1 Å². The predicted molar refractivity (Wildman–Crippen MR) is 78.0 cm³/mol. The number of benzene rings is 1. The maximum atomic E-state index is 12.0. The van der Waals surface area contributed by atoms with Gasteiger partial charge in [0, 0.05) is 7.11 Å². The third-order valence-electron chi connectivity index (χ3n) is 3.03. The van der Waals surface area contributed by atoms with Crippen molar-refractivity contribution in [3.63, 3.8) is 0 Å². The van der Waals surface area contributed by atoms with Crippen LogP contribution in [0.15, 0.2) is 53.1 Å². The lowest BCUT2D eigenvalue weighted by atomic mass is 10.2. The molecule has 2 rings (SSSR count). The third-order valence-corrected chi connectivity index (χ3v) is 3.03. The molecule has 0 bridgehead atoms. The summed E-state index contributed by atoms with van der Waals surface area (Å²) in [6, 6.07) is 12.8. The SMILES string of the molecule is CO[C@@H](CNC(=O)[C@@H](C)Oc1ccccc1)c1ccco1. The van der Waals surface area contributed by atoms with Crippen molar-refractivity contribution in [2.45, 2.75) is 19.1 Å². The highest BCUT2D eigenvalue weighted by molar-refractivity contribution is 5.80. The largest absolute Gasteiger partial charge is 0.481 e. The molecule has 5 nitrogen and oxygen atoms in total. The highest BCUT2D eigenvalue weighted by Gasteiger charge is 2.18. The summed E-state index contributed by atoms with van der Waals surface area (Å²) in [5.74, 6) is 1.14. The van der Waals surface area contributed by atoms with E-state index in [4.69, 9.17) is 13.9 Å². The average molecular weight is 289 g/mol. The average Bonchev–Trinajstić information content (AvgIpc) is 3.03. The second-order valence-corrected chi connectivity index (χ2v) is 4.56. The van der Waals surface area contributed by atoms with Crippen LogP contribution in [0.5, 0.6) is 5.75 Å². The van der Waals surface area contributed by atoms with Gasteiger partial charge in [0.2, 0.25) is 0 Å². The molecule has 0 aliphatic rings. The van der Waals surface area contributed by atoms with E-state index in [1.54, 1.807) is 26.4 Å². The molecular weight excluding hydrogens is 270 g/mol. The number of hydrogen-bond donors (Lipinski definition) is 1. The van der Waals surface area contributed by atoms with Gasteiger partial charge >= 0.3 is 0 Å². The Bertz CT molecular complexity index is 539. The summed E-state index contributed by atoms with van der Waals surface area (Å²) in [7, 11) is 1.57. The fourth-order valence-corrected chi connectivity index (χ4v) is 1.87. The Kier molecular flexibility index (Phi) is 5.40. The lowest BCUT2D eigenvalue weighted by Crippen LogP contribution is -2.38. The van der Waals surface area contributed by atoms with Crippen LogP contribution in [0.25, 0.3) is 0 Å². The number of carbonyl (C=O) groups is 1. The number of hydrogen-bond acceptors (Lipinski definition) is 4. The van der Waals surface area contributed by atoms with E-state index in [9.17, 15) is 4.79 Å². The van der Waals surface area contributed by atoms with Crippen LogP contribution in [0.2, 0.25) is 0 Å². The van der Waals surface area contributed by atoms with Gasteiger partial charge in [0.15, 0.2) is 6.10 Å². The van der Waals surface area contributed by atoms with Crippen molar-refractivity contribution in [2.24, 2.45) is 0 Å². The molecular formula is C16H19NO4. The Balaban J connectivity index is 1.83. The number of para-hydroxylation sites is 1. The van der Waals surface area contributed by atoms with Gasteiger partial charge in [-0.1, -0.05) is 18.2 Å². The quantitative estimate of drug-likeness (QED) is 0.851. The molecule has 1 amide bonds. The van der Waals surface area contributed by atoms with Crippen LogP contribution >= 0.6 is 0 Å². The van der Waals surface area contributed by atoms with Gasteiger partial charge in [-0.3, -0.25) is 4.79 Å². The van der Waals surface area contributed by atoms with E-state index in [0.717, 1.165) is 0 Å². The first-order valence-electron chi connectivity index (χ1n) is 6.76. The molecule has 2 aromatic rings. The summed E-state index contributed by atoms with van der Waals surface area (Å²) in [4.78, 5) is 12.0. The smallest absolute Gasteiger partial charge is 0.260 e. The Hall–Kier alpha value is -2.27. The van der Waals surface area contributed by atoms with E-state index < -0.39 is 6.10 Å². The molecule has 1 heterocycles. The summed E-state index contributed by atoms with van der Waals surface area (Å²) in [5, 5.41) is 2.79. The maximum Gasteiger partial charge on any atom is 0.260 e. The predicted octanol–water partition coefficient (Wildman–Crippen LogP) is 2.55. The van der Waals surface area contributed by atoms with Gasteiger partial charge in [-0.25, -0.2) is 0 Å². The highest BCUT2D eigenvalue weighted by atomic mass is 16.5. The number of carbonyl (C=O) groups excluding carboxylic acids is 1. The number of amides is 1. The number of nitrogens with one attached hydrogen (secondary N) is 1. The first-order chi connectivity index (χ1) is 10.2. The molecule has 1 aromatic carbocycles. The first-order valence-corrected chi connectivity index (χ1v) is 6.76. The van der Waals surface area contributed by atoms with E-state index in [-0.39, 0.29) is 12.0 Å². The fourth-order valence-electron chi connectivity index (χ4n) is 1.87. The zero-order chi connectivity index (χ0) is 15.1. The first kappa shape index (κ1) is 15.1. The minimum atomic E-state index is -0.582. The normalized spacial score (nSPS) is 13.4. The lowest BCUT2D eigenvalue weighted by molar-refractivity contribution is -0.127. The summed E-state index contributed by atoms with van der Waals surface area (Å²) in [6.07, 6.45) is 0.680. The minimum Gasteiger partial charge on any atom is -0.481 e. The zero-order valence-corrected chi connectivity index (χ0v) is 12.1. The second kappa shape index (κ2) is 7.50. The van der Waals surface area contributed by atoms with Crippen LogP contribution in [0.1, 0.15) is 18.8 Å². The van der Waals surface area contributed by atoms with Crippen molar-refractivity contribution in [1.29, 1.82) is 0 Å². The van der Waals surface area contributed by atoms with Crippen molar-refractivity contribution in [1.82, 2.24) is 5.32 Å². The summed E-state index contributed by atoms with van der Waals surface area (Å²) < 4.78 is 16.1. The van der Waals surface area contributed by atoms with Crippen LogP contribution in [-0.4, -0.2) is 25.7 Å². The van der Waals surface area contributed by atoms with Gasteiger partial charge in [0.05, 0.1) is 12.8 Å². The van der Waals surface area contributed by atoms with Crippen molar-refractivity contribution in [3.05, 3.63) is 54.5 Å². The molecule has 112 valence electrons. The van der Waals surface area contributed by atoms with Crippen LogP contribution in [0.4, 0.5) is 0 Å². The van der Waals surface area contributed by atoms with Crippen molar-refractivity contribution in [3.8, 4) is 5.75 Å². The summed E-state index contributed by atoms with van der Waals surface area (Å²) in [5.41, 5.74) is 0. The lowest BCUT2D eigenvalue weighted by Gasteiger charge is -2.17. The van der Waals surface area contributed by atoms with Crippen LogP contribution in [0, 0.1) is 0 Å². The topological polar surface area (TPSA) is 60.7 Å². The van der Waals surface area contributed by atoms with Gasteiger partial charge in [0.1, 0.15) is 17.6 Å². The van der Waals surface area contributed by atoms with Crippen LogP contribution in [0.3, 0.4) is 0 Å². The molecule has 21 heavy (non-hydrogen) atoms. The Morgan fingerprint density at radius 3 is 2.62 bits per heavy atom. The standard InChI is InChI=1S/C16H19NO4/c1-12(21-13-7-4-3-5-8-13)16(18)17-11-15(19-2)14-9-6-10-20-14/h3-10,12,15H,11H2,1-2H3,(H,17,18)/t12-,15+/m1/s1. The molecule has 0 fully saturated rings. The highest BCUT2D eigenvalue weighted by Crippen LogP contribution is 2.16. The second-order valence-electron chi connectivity index (χ2n) is 4.56. The zero-order valence-electron chi connectivity index (χ0n) is 12.1. The van der Waals surface area contributed by atoms with E-state index in [2.05, 4.69) is 5.32 Å². The van der Waals surface area contributed by atoms with Gasteiger partial charge in [-0.2, -0.15) is 0 Å². The van der Waals surface area contributed by atoms with E-state index in [0.29, 0.717) is 18.1 Å². The van der Waals surface area contributed by atoms with Gasteiger partial charge < -0.3 is 19.2 Å². The number of furan rings is 1. The molecule has 1 N–H and O–H groups in total. The van der Waals surface area contributed by atoms with Crippen molar-refractivity contribution in [2.75, 3.05) is 13.7 Å². The van der Waals surface area contributed by atoms with Crippen molar-refractivity contribution < 1.29 is 18.7 Å². The number of ether oxygens (including phenoxy) is 2. The van der Waals surface area contributed by atoms with Gasteiger partial charge in [-0.05, 0) is 31.2 Å². The fraction of sp³-hybridized carbons (Fsp3) is 0.312. The Morgan fingerprint density at radius 1 is 1.24 bits per heavy atom. The Morgan fingerprint density at radius 2 is 2.00 bits per heavy atom.